The molecule has 0 radical (unpaired) electrons. The second kappa shape index (κ2) is 11.3. The van der Waals surface area contributed by atoms with Crippen molar-refractivity contribution in [3.05, 3.63) is 22.4 Å². The molecule has 0 aromatic carbocycles. The SMILES string of the molecule is CCNC(=NCCc1cccs1)NC1CCN(C(C)C)CC1.I. The van der Waals surface area contributed by atoms with E-state index in [1.54, 1.807) is 0 Å². The highest BCUT2D eigenvalue weighted by atomic mass is 127. The fraction of sp³-hybridized carbons (Fsp3) is 0.706. The lowest BCUT2D eigenvalue weighted by Gasteiger charge is -2.35. The van der Waals surface area contributed by atoms with Gasteiger partial charge < -0.3 is 15.5 Å². The van der Waals surface area contributed by atoms with Crippen LogP contribution >= 0.6 is 35.3 Å². The maximum atomic E-state index is 4.72. The van der Waals surface area contributed by atoms with Crippen LogP contribution in [0.15, 0.2) is 22.5 Å². The van der Waals surface area contributed by atoms with E-state index in [0.717, 1.165) is 25.5 Å². The number of hydrogen-bond acceptors (Lipinski definition) is 3. The summed E-state index contributed by atoms with van der Waals surface area (Å²) in [6.45, 7) is 10.8. The van der Waals surface area contributed by atoms with Crippen molar-refractivity contribution in [1.29, 1.82) is 0 Å². The molecule has 1 aromatic rings. The minimum Gasteiger partial charge on any atom is -0.357 e. The number of hydrogen-bond donors (Lipinski definition) is 2. The van der Waals surface area contributed by atoms with Gasteiger partial charge in [0.1, 0.15) is 0 Å². The summed E-state index contributed by atoms with van der Waals surface area (Å²) in [5.41, 5.74) is 0. The number of thiophene rings is 1. The van der Waals surface area contributed by atoms with E-state index >= 15 is 0 Å². The Balaban J connectivity index is 0.00000264. The summed E-state index contributed by atoms with van der Waals surface area (Å²) < 4.78 is 0. The lowest BCUT2D eigenvalue weighted by molar-refractivity contribution is 0.167. The molecule has 4 nitrogen and oxygen atoms in total. The molecule has 132 valence electrons. The summed E-state index contributed by atoms with van der Waals surface area (Å²) in [4.78, 5) is 8.69. The maximum absolute atomic E-state index is 4.72. The molecule has 0 atom stereocenters. The molecular formula is C17H31IN4S. The number of likely N-dealkylation sites (tertiary alicyclic amines) is 1. The van der Waals surface area contributed by atoms with Crippen LogP contribution in [0.25, 0.3) is 0 Å². The number of halogens is 1. The van der Waals surface area contributed by atoms with Crippen LogP contribution in [0.1, 0.15) is 38.5 Å². The molecular weight excluding hydrogens is 419 g/mol. The van der Waals surface area contributed by atoms with Crippen LogP contribution in [0.5, 0.6) is 0 Å². The zero-order chi connectivity index (χ0) is 15.8. The summed E-state index contributed by atoms with van der Waals surface area (Å²) in [5, 5.41) is 9.11. The fourth-order valence-corrected chi connectivity index (χ4v) is 3.50. The highest BCUT2D eigenvalue weighted by Gasteiger charge is 2.21. The minimum absolute atomic E-state index is 0. The maximum Gasteiger partial charge on any atom is 0.191 e. The number of piperidine rings is 1. The van der Waals surface area contributed by atoms with Crippen molar-refractivity contribution in [2.75, 3.05) is 26.2 Å². The Labute approximate surface area is 162 Å². The van der Waals surface area contributed by atoms with Crippen molar-refractivity contribution >= 4 is 41.3 Å². The summed E-state index contributed by atoms with van der Waals surface area (Å²) in [6.07, 6.45) is 3.43. The third kappa shape index (κ3) is 7.39. The number of rotatable bonds is 6. The molecule has 0 saturated carbocycles. The molecule has 1 aromatic heterocycles. The highest BCUT2D eigenvalue weighted by Crippen LogP contribution is 2.13. The molecule has 0 spiro atoms. The highest BCUT2D eigenvalue weighted by molar-refractivity contribution is 14.0. The topological polar surface area (TPSA) is 39.7 Å². The first-order valence-electron chi connectivity index (χ1n) is 8.50. The molecule has 1 aliphatic heterocycles. The van der Waals surface area contributed by atoms with E-state index in [1.165, 1.54) is 30.8 Å². The van der Waals surface area contributed by atoms with E-state index in [2.05, 4.69) is 53.8 Å². The Hall–Kier alpha value is -0.340. The first kappa shape index (κ1) is 20.7. The van der Waals surface area contributed by atoms with E-state index in [9.17, 15) is 0 Å². The van der Waals surface area contributed by atoms with Crippen LogP contribution in [0.4, 0.5) is 0 Å². The molecule has 0 bridgehead atoms. The molecule has 0 amide bonds. The molecule has 6 heteroatoms. The van der Waals surface area contributed by atoms with E-state index in [-0.39, 0.29) is 24.0 Å². The van der Waals surface area contributed by atoms with E-state index in [0.29, 0.717) is 12.1 Å². The lowest BCUT2D eigenvalue weighted by Crippen LogP contribution is -2.49. The normalized spacial score (nSPS) is 17.1. The van der Waals surface area contributed by atoms with E-state index in [4.69, 9.17) is 4.99 Å². The Morgan fingerprint density at radius 1 is 1.39 bits per heavy atom. The largest absolute Gasteiger partial charge is 0.357 e. The summed E-state index contributed by atoms with van der Waals surface area (Å²) in [7, 11) is 0. The van der Waals surface area contributed by atoms with Gasteiger partial charge in [-0.2, -0.15) is 0 Å². The van der Waals surface area contributed by atoms with Crippen molar-refractivity contribution in [1.82, 2.24) is 15.5 Å². The summed E-state index contributed by atoms with van der Waals surface area (Å²) >= 11 is 1.81. The number of nitrogens with zero attached hydrogens (tertiary/aromatic N) is 2. The predicted octanol–water partition coefficient (Wildman–Crippen LogP) is 3.34. The smallest absolute Gasteiger partial charge is 0.191 e. The summed E-state index contributed by atoms with van der Waals surface area (Å²) in [6, 6.07) is 5.50. The van der Waals surface area contributed by atoms with Crippen LogP contribution in [-0.4, -0.2) is 49.1 Å². The standard InChI is InChI=1S/C17H30N4S.HI/c1-4-18-17(19-10-7-16-6-5-13-22-16)20-15-8-11-21(12-9-15)14(2)3;/h5-6,13-15H,4,7-12H2,1-3H3,(H2,18,19,20);1H. The second-order valence-electron chi connectivity index (χ2n) is 6.14. The Bertz CT molecular complexity index is 439. The first-order valence-corrected chi connectivity index (χ1v) is 9.38. The molecule has 0 aliphatic carbocycles. The van der Waals surface area contributed by atoms with E-state index in [1.807, 2.05) is 11.3 Å². The van der Waals surface area contributed by atoms with Gasteiger partial charge in [-0.1, -0.05) is 6.07 Å². The lowest BCUT2D eigenvalue weighted by atomic mass is 10.0. The average Bonchev–Trinajstić information content (AvgIpc) is 3.01. The Morgan fingerprint density at radius 2 is 2.13 bits per heavy atom. The molecule has 1 aliphatic rings. The fourth-order valence-electron chi connectivity index (χ4n) is 2.81. The van der Waals surface area contributed by atoms with Gasteiger partial charge in [0.25, 0.3) is 0 Å². The zero-order valence-electron chi connectivity index (χ0n) is 14.5. The Kier molecular flexibility index (Phi) is 10.1. The van der Waals surface area contributed by atoms with Gasteiger partial charge in [0.15, 0.2) is 5.96 Å². The van der Waals surface area contributed by atoms with Gasteiger partial charge in [-0.05, 0) is 45.1 Å². The van der Waals surface area contributed by atoms with Gasteiger partial charge in [0, 0.05) is 49.6 Å². The van der Waals surface area contributed by atoms with Crippen molar-refractivity contribution < 1.29 is 0 Å². The van der Waals surface area contributed by atoms with Crippen LogP contribution in [0, 0.1) is 0 Å². The van der Waals surface area contributed by atoms with E-state index < -0.39 is 0 Å². The molecule has 0 unspecified atom stereocenters. The molecule has 2 N–H and O–H groups in total. The quantitative estimate of drug-likeness (QED) is 0.397. The number of nitrogens with one attached hydrogen (secondary N) is 2. The first-order chi connectivity index (χ1) is 10.7. The molecule has 2 heterocycles. The molecule has 1 saturated heterocycles. The van der Waals surface area contributed by atoms with Crippen molar-refractivity contribution in [3.63, 3.8) is 0 Å². The third-order valence-electron chi connectivity index (χ3n) is 4.15. The number of aliphatic imine (C=N–C) groups is 1. The number of guanidine groups is 1. The van der Waals surface area contributed by atoms with Crippen molar-refractivity contribution in [2.24, 2.45) is 4.99 Å². The van der Waals surface area contributed by atoms with Crippen LogP contribution in [0.2, 0.25) is 0 Å². The Morgan fingerprint density at radius 3 is 2.70 bits per heavy atom. The van der Waals surface area contributed by atoms with Crippen molar-refractivity contribution in [2.45, 2.75) is 52.1 Å². The van der Waals surface area contributed by atoms with Gasteiger partial charge in [-0.25, -0.2) is 0 Å². The van der Waals surface area contributed by atoms with Gasteiger partial charge in [0.05, 0.1) is 0 Å². The average molecular weight is 450 g/mol. The summed E-state index contributed by atoms with van der Waals surface area (Å²) in [5.74, 6) is 0.974. The predicted molar refractivity (Wildman–Crippen MR) is 112 cm³/mol. The second-order valence-corrected chi connectivity index (χ2v) is 7.17. The van der Waals surface area contributed by atoms with Gasteiger partial charge in [0.2, 0.25) is 0 Å². The van der Waals surface area contributed by atoms with Gasteiger partial charge in [-0.3, -0.25) is 4.99 Å². The van der Waals surface area contributed by atoms with Crippen LogP contribution in [-0.2, 0) is 6.42 Å². The monoisotopic (exact) mass is 450 g/mol. The van der Waals surface area contributed by atoms with Gasteiger partial charge in [-0.15, -0.1) is 35.3 Å². The van der Waals surface area contributed by atoms with Gasteiger partial charge >= 0.3 is 0 Å². The third-order valence-corrected chi connectivity index (χ3v) is 5.09. The molecule has 23 heavy (non-hydrogen) atoms. The molecule has 2 rings (SSSR count). The van der Waals surface area contributed by atoms with Crippen molar-refractivity contribution in [3.8, 4) is 0 Å². The molecule has 1 fully saturated rings. The van der Waals surface area contributed by atoms with Crippen LogP contribution in [0.3, 0.4) is 0 Å². The van der Waals surface area contributed by atoms with Crippen LogP contribution < -0.4 is 10.6 Å². The minimum atomic E-state index is 0. The zero-order valence-corrected chi connectivity index (χ0v) is 17.7.